The van der Waals surface area contributed by atoms with Crippen molar-refractivity contribution >= 4 is 35.0 Å². The third kappa shape index (κ3) is 4.23. The summed E-state index contributed by atoms with van der Waals surface area (Å²) in [6.07, 6.45) is 5.61. The normalized spacial score (nSPS) is 18.4. The Morgan fingerprint density at radius 1 is 1.45 bits per heavy atom. The van der Waals surface area contributed by atoms with Crippen LogP contribution in [0.15, 0.2) is 24.3 Å². The molecule has 0 saturated carbocycles. The summed E-state index contributed by atoms with van der Waals surface area (Å²) < 4.78 is 5.49. The number of rotatable bonds is 4. The van der Waals surface area contributed by atoms with Gasteiger partial charge in [-0.1, -0.05) is 6.42 Å². The SMILES string of the molecule is CSCOc1ccc(C2=[C-]CC(Cl)C(=O)N2C)cc1.[Y]. The number of ether oxygens (including phenoxy) is 1. The molecular formula is C14H15ClNO2SY-. The van der Waals surface area contributed by atoms with Crippen molar-refractivity contribution in [2.45, 2.75) is 11.8 Å². The van der Waals surface area contributed by atoms with E-state index in [9.17, 15) is 4.79 Å². The minimum atomic E-state index is -0.502. The van der Waals surface area contributed by atoms with E-state index >= 15 is 0 Å². The van der Waals surface area contributed by atoms with Gasteiger partial charge in [0, 0.05) is 39.8 Å². The molecule has 1 amide bonds. The largest absolute Gasteiger partial charge is 0.483 e. The predicted molar refractivity (Wildman–Crippen MR) is 79.1 cm³/mol. The third-order valence-corrected chi connectivity index (χ3v) is 3.55. The number of carbonyl (C=O) groups is 1. The van der Waals surface area contributed by atoms with Crippen molar-refractivity contribution in [2.75, 3.05) is 19.2 Å². The molecule has 1 aromatic carbocycles. The Morgan fingerprint density at radius 2 is 2.10 bits per heavy atom. The zero-order chi connectivity index (χ0) is 13.8. The van der Waals surface area contributed by atoms with Gasteiger partial charge in [-0.3, -0.25) is 4.79 Å². The van der Waals surface area contributed by atoms with Crippen molar-refractivity contribution in [1.29, 1.82) is 0 Å². The number of halogens is 1. The van der Waals surface area contributed by atoms with Gasteiger partial charge in [-0.25, -0.2) is 6.08 Å². The number of amides is 1. The summed E-state index contributed by atoms with van der Waals surface area (Å²) in [5, 5.41) is -0.502. The van der Waals surface area contributed by atoms with Crippen molar-refractivity contribution < 1.29 is 42.2 Å². The maximum atomic E-state index is 11.8. The van der Waals surface area contributed by atoms with Crippen LogP contribution in [-0.4, -0.2) is 35.4 Å². The molecule has 1 aliphatic heterocycles. The first-order valence-electron chi connectivity index (χ1n) is 5.88. The first-order valence-corrected chi connectivity index (χ1v) is 7.71. The van der Waals surface area contributed by atoms with Gasteiger partial charge in [0.1, 0.15) is 17.1 Å². The fourth-order valence-corrected chi connectivity index (χ4v) is 2.32. The molecule has 1 radical (unpaired) electrons. The van der Waals surface area contributed by atoms with Gasteiger partial charge in [-0.15, -0.1) is 41.2 Å². The van der Waals surface area contributed by atoms with E-state index in [1.54, 1.807) is 23.7 Å². The molecule has 6 heteroatoms. The number of alkyl halides is 1. The van der Waals surface area contributed by atoms with Crippen LogP contribution in [0.3, 0.4) is 0 Å². The molecular weight excluding hydrogens is 371 g/mol. The molecule has 105 valence electrons. The average Bonchev–Trinajstić information content (AvgIpc) is 2.44. The zero-order valence-electron chi connectivity index (χ0n) is 11.4. The summed E-state index contributed by atoms with van der Waals surface area (Å²) in [6.45, 7) is 0. The third-order valence-electron chi connectivity index (χ3n) is 2.85. The quantitative estimate of drug-likeness (QED) is 0.453. The van der Waals surface area contributed by atoms with Crippen molar-refractivity contribution in [3.05, 3.63) is 35.9 Å². The monoisotopic (exact) mass is 385 g/mol. The summed E-state index contributed by atoms with van der Waals surface area (Å²) in [7, 11) is 1.72. The summed E-state index contributed by atoms with van der Waals surface area (Å²) in [6, 6.07) is 7.64. The smallest absolute Gasteiger partial charge is 0.240 e. The van der Waals surface area contributed by atoms with E-state index in [4.69, 9.17) is 16.3 Å². The molecule has 3 nitrogen and oxygen atoms in total. The molecule has 1 aliphatic rings. The Morgan fingerprint density at radius 3 is 2.70 bits per heavy atom. The molecule has 2 rings (SSSR count). The summed E-state index contributed by atoms with van der Waals surface area (Å²) >= 11 is 7.53. The van der Waals surface area contributed by atoms with Crippen molar-refractivity contribution in [1.82, 2.24) is 4.90 Å². The summed E-state index contributed by atoms with van der Waals surface area (Å²) in [5.74, 6) is 1.36. The summed E-state index contributed by atoms with van der Waals surface area (Å²) in [4.78, 5) is 13.4. The minimum absolute atomic E-state index is 0. The molecule has 0 fully saturated rings. The predicted octanol–water partition coefficient (Wildman–Crippen LogP) is 3.00. The van der Waals surface area contributed by atoms with Crippen LogP contribution in [-0.2, 0) is 37.5 Å². The number of nitrogens with zero attached hydrogens (tertiary/aromatic N) is 1. The van der Waals surface area contributed by atoms with Gasteiger partial charge in [0.2, 0.25) is 5.91 Å². The van der Waals surface area contributed by atoms with E-state index in [1.807, 2.05) is 30.5 Å². The van der Waals surface area contributed by atoms with Gasteiger partial charge >= 0.3 is 0 Å². The number of carbonyl (C=O) groups excluding carboxylic acids is 1. The number of hydrogen-bond donors (Lipinski definition) is 0. The van der Waals surface area contributed by atoms with Crippen molar-refractivity contribution in [3.8, 4) is 5.75 Å². The maximum absolute atomic E-state index is 11.8. The molecule has 1 atom stereocenters. The van der Waals surface area contributed by atoms with Crippen LogP contribution in [0.1, 0.15) is 12.0 Å². The van der Waals surface area contributed by atoms with E-state index in [0.717, 1.165) is 17.0 Å². The Labute approximate surface area is 154 Å². The second kappa shape index (κ2) is 8.42. The van der Waals surface area contributed by atoms with E-state index in [2.05, 4.69) is 6.08 Å². The van der Waals surface area contributed by atoms with Gasteiger partial charge in [0.05, 0.1) is 0 Å². The first kappa shape index (κ1) is 18.0. The molecule has 0 saturated heterocycles. The first-order chi connectivity index (χ1) is 9.13. The number of thioether (sulfide) groups is 1. The topological polar surface area (TPSA) is 29.5 Å². The fraction of sp³-hybridized carbons (Fsp3) is 0.357. The van der Waals surface area contributed by atoms with E-state index in [0.29, 0.717) is 12.4 Å². The zero-order valence-corrected chi connectivity index (χ0v) is 15.8. The Kier molecular flexibility index (Phi) is 7.59. The molecule has 0 spiro atoms. The standard InChI is InChI=1S/C14H15ClNO2S.Y/c1-16-13(8-7-12(15)14(16)17)10-3-5-11(6-4-10)18-9-19-2;/h3-6,12H,7,9H2,1-2H3;/q-1;. The summed E-state index contributed by atoms with van der Waals surface area (Å²) in [5.41, 5.74) is 1.72. The molecule has 20 heavy (non-hydrogen) atoms. The van der Waals surface area contributed by atoms with Crippen LogP contribution in [0, 0.1) is 6.08 Å². The van der Waals surface area contributed by atoms with E-state index in [1.165, 1.54) is 0 Å². The van der Waals surface area contributed by atoms with E-state index < -0.39 is 5.38 Å². The number of allylic oxidation sites excluding steroid dienone is 1. The Hall–Kier alpha value is -0.0261. The number of hydrogen-bond acceptors (Lipinski definition) is 3. The Bertz CT molecular complexity index is 492. The molecule has 0 N–H and O–H groups in total. The van der Waals surface area contributed by atoms with Gasteiger partial charge in [0.15, 0.2) is 0 Å². The second-order valence-corrected chi connectivity index (χ2v) is 5.51. The molecule has 0 aromatic heterocycles. The van der Waals surface area contributed by atoms with Crippen LogP contribution in [0.2, 0.25) is 0 Å². The van der Waals surface area contributed by atoms with Crippen LogP contribution < -0.4 is 4.74 Å². The van der Waals surface area contributed by atoms with Gasteiger partial charge < -0.3 is 9.64 Å². The Balaban J connectivity index is 0.00000200. The van der Waals surface area contributed by atoms with E-state index in [-0.39, 0.29) is 38.6 Å². The van der Waals surface area contributed by atoms with Crippen LogP contribution >= 0.6 is 23.4 Å². The van der Waals surface area contributed by atoms with Gasteiger partial charge in [-0.05, 0) is 18.4 Å². The average molecular weight is 386 g/mol. The van der Waals surface area contributed by atoms with Crippen LogP contribution in [0.25, 0.3) is 5.70 Å². The molecule has 1 heterocycles. The van der Waals surface area contributed by atoms with Crippen LogP contribution in [0.5, 0.6) is 5.75 Å². The molecule has 0 bridgehead atoms. The fourth-order valence-electron chi connectivity index (χ4n) is 1.84. The van der Waals surface area contributed by atoms with Crippen LogP contribution in [0.4, 0.5) is 0 Å². The van der Waals surface area contributed by atoms with Gasteiger partial charge in [-0.2, -0.15) is 5.56 Å². The van der Waals surface area contributed by atoms with Crippen molar-refractivity contribution in [2.24, 2.45) is 0 Å². The van der Waals surface area contributed by atoms with Crippen molar-refractivity contribution in [3.63, 3.8) is 0 Å². The molecule has 1 aromatic rings. The molecule has 1 unspecified atom stereocenters. The maximum Gasteiger partial charge on any atom is 0.240 e. The minimum Gasteiger partial charge on any atom is -0.483 e. The number of benzene rings is 1. The second-order valence-electron chi connectivity index (χ2n) is 4.17. The molecule has 0 aliphatic carbocycles. The van der Waals surface area contributed by atoms with Gasteiger partial charge in [0.25, 0.3) is 0 Å².